The summed E-state index contributed by atoms with van der Waals surface area (Å²) in [6.45, 7) is 82.6. The molecule has 0 atom stereocenters. The van der Waals surface area contributed by atoms with Crippen molar-refractivity contribution in [2.45, 2.75) is 328 Å². The standard InChI is InChI=1S/C9H13N.4C8H12N2.3C7H11N3.8C2H6.CH4/c1-9(2,3)8-6-4-5-7-10-8;1-8(2,3)7-6-9-4-5-10-7;1-8(2,3)7-4-5-9-6-10-7;1-8(2,3)7-9-5-4-6-10-7;1-8(2,3)7-5-4-6-9-10-7;1-7(2,3)6-9-4-8-5-10-6;1-7(2,3)6-4-8-5-9-10-6;1-7(2,3)6-8-4-5-9-10-6;8*1-2;/h4-7H,1-3H3;4*4-6H,1-3H3;3*4-5H,1-3H3;8*1-2H3;1H4. The number of rotatable bonds is 0. The maximum absolute atomic E-state index is 4.25. The molecule has 0 unspecified atom stereocenters. The van der Waals surface area contributed by atoms with Crippen molar-refractivity contribution in [1.29, 1.82) is 0 Å². The summed E-state index contributed by atoms with van der Waals surface area (Å²) in [5.41, 5.74) is 5.96. The molecule has 18 nitrogen and oxygen atoms in total. The fourth-order valence-corrected chi connectivity index (χ4v) is 5.42. The van der Waals surface area contributed by atoms with Gasteiger partial charge in [0.25, 0.3) is 0 Å². The molecular formula is C79H146N18. The Bertz CT molecular complexity index is 2190. The molecule has 0 fully saturated rings. The summed E-state index contributed by atoms with van der Waals surface area (Å²) in [6.07, 6.45) is 25.1. The van der Waals surface area contributed by atoms with Crippen molar-refractivity contribution in [2.75, 3.05) is 0 Å². The molecule has 0 bridgehead atoms. The van der Waals surface area contributed by atoms with E-state index in [1.807, 2.05) is 153 Å². The van der Waals surface area contributed by atoms with Crippen LogP contribution in [0.15, 0.2) is 136 Å². The molecule has 8 heterocycles. The van der Waals surface area contributed by atoms with Crippen LogP contribution in [-0.2, 0) is 43.3 Å². The highest BCUT2D eigenvalue weighted by Gasteiger charge is 2.20. The highest BCUT2D eigenvalue weighted by molar-refractivity contribution is 5.13. The molecule has 18 heteroatoms. The highest BCUT2D eigenvalue weighted by Crippen LogP contribution is 2.22. The van der Waals surface area contributed by atoms with Crippen LogP contribution in [0.3, 0.4) is 0 Å². The predicted molar refractivity (Wildman–Crippen MR) is 419 cm³/mol. The van der Waals surface area contributed by atoms with Crippen LogP contribution in [0.4, 0.5) is 0 Å². The van der Waals surface area contributed by atoms with Gasteiger partial charge in [0.2, 0.25) is 0 Å². The zero-order valence-electron chi connectivity index (χ0n) is 68.8. The third kappa shape index (κ3) is 60.6. The van der Waals surface area contributed by atoms with Crippen LogP contribution in [0, 0.1) is 0 Å². The molecule has 552 valence electrons. The smallest absolute Gasteiger partial charge is 0.156 e. The van der Waals surface area contributed by atoms with Gasteiger partial charge in [0.1, 0.15) is 37.0 Å². The van der Waals surface area contributed by atoms with Crippen LogP contribution < -0.4 is 0 Å². The van der Waals surface area contributed by atoms with Crippen molar-refractivity contribution < 1.29 is 0 Å². The van der Waals surface area contributed by atoms with Gasteiger partial charge in [-0.1, -0.05) is 290 Å². The summed E-state index contributed by atoms with van der Waals surface area (Å²) in [4.78, 5) is 48.4. The molecular weight excluding hydrogens is 1200 g/mol. The second-order valence-electron chi connectivity index (χ2n) is 26.5. The third-order valence-electron chi connectivity index (χ3n) is 10.3. The van der Waals surface area contributed by atoms with E-state index in [0.717, 1.165) is 45.9 Å². The van der Waals surface area contributed by atoms with Gasteiger partial charge in [-0.2, -0.15) is 20.4 Å². The molecule has 8 rings (SSSR count). The maximum atomic E-state index is 4.25. The molecule has 8 aromatic rings. The van der Waals surface area contributed by atoms with Crippen molar-refractivity contribution in [2.24, 2.45) is 0 Å². The van der Waals surface area contributed by atoms with Gasteiger partial charge in [0.05, 0.1) is 29.5 Å². The van der Waals surface area contributed by atoms with Crippen molar-refractivity contribution in [3.8, 4) is 0 Å². The minimum absolute atomic E-state index is 0. The van der Waals surface area contributed by atoms with Crippen LogP contribution in [0.5, 0.6) is 0 Å². The average Bonchev–Trinajstić information content (AvgIpc) is 2.60. The van der Waals surface area contributed by atoms with Gasteiger partial charge in [0.15, 0.2) is 5.82 Å². The van der Waals surface area contributed by atoms with Gasteiger partial charge in [-0.25, -0.2) is 44.9 Å². The summed E-state index contributed by atoms with van der Waals surface area (Å²) in [6, 6.07) is 13.7. The lowest BCUT2D eigenvalue weighted by molar-refractivity contribution is 0.533. The summed E-state index contributed by atoms with van der Waals surface area (Å²) in [5, 5.41) is 23.1. The average molecular weight is 1350 g/mol. The van der Waals surface area contributed by atoms with Gasteiger partial charge in [-0.15, -0.1) is 10.2 Å². The Hall–Kier alpha value is -7.50. The molecule has 0 aliphatic carbocycles. The van der Waals surface area contributed by atoms with E-state index in [9.17, 15) is 0 Å². The van der Waals surface area contributed by atoms with Crippen molar-refractivity contribution in [1.82, 2.24) is 90.4 Å². The highest BCUT2D eigenvalue weighted by atomic mass is 15.1. The predicted octanol–water partition coefficient (Wildman–Crippen LogP) is 21.8. The molecule has 0 aliphatic rings. The fourth-order valence-electron chi connectivity index (χ4n) is 5.42. The van der Waals surface area contributed by atoms with E-state index in [0.29, 0.717) is 0 Å². The first kappa shape index (κ1) is 108. The fraction of sp³-hybridized carbons (Fsp3) is 0.620. The molecule has 0 N–H and O–H groups in total. The molecule has 0 saturated carbocycles. The second kappa shape index (κ2) is 62.0. The molecule has 97 heavy (non-hydrogen) atoms. The number of pyridine rings is 1. The first-order valence-electron chi connectivity index (χ1n) is 34.7. The van der Waals surface area contributed by atoms with Crippen LogP contribution in [0.2, 0.25) is 0 Å². The Labute approximate surface area is 597 Å². The van der Waals surface area contributed by atoms with Gasteiger partial charge >= 0.3 is 0 Å². The molecule has 0 radical (unpaired) electrons. The third-order valence-corrected chi connectivity index (χ3v) is 10.3. The molecule has 0 aliphatic heterocycles. The topological polar surface area (TPSA) is 232 Å². The van der Waals surface area contributed by atoms with E-state index in [2.05, 4.69) is 263 Å². The number of hydrogen-bond acceptors (Lipinski definition) is 18. The normalized spacial score (nSPS) is 9.98. The number of hydrogen-bond donors (Lipinski definition) is 0. The van der Waals surface area contributed by atoms with Gasteiger partial charge in [0, 0.05) is 110 Å². The monoisotopic (exact) mass is 1350 g/mol. The lowest BCUT2D eigenvalue weighted by Crippen LogP contribution is -2.15. The van der Waals surface area contributed by atoms with E-state index in [1.165, 1.54) is 19.0 Å². The van der Waals surface area contributed by atoms with Crippen LogP contribution >= 0.6 is 0 Å². The quantitative estimate of drug-likeness (QED) is 0.137. The minimum Gasteiger partial charge on any atom is -0.261 e. The van der Waals surface area contributed by atoms with Crippen molar-refractivity contribution in [3.05, 3.63) is 182 Å². The van der Waals surface area contributed by atoms with Crippen molar-refractivity contribution in [3.63, 3.8) is 0 Å². The molecule has 8 aromatic heterocycles. The maximum Gasteiger partial charge on any atom is 0.156 e. The number of nitrogens with zero attached hydrogens (tertiary/aromatic N) is 18. The largest absolute Gasteiger partial charge is 0.261 e. The summed E-state index contributed by atoms with van der Waals surface area (Å²) in [7, 11) is 0. The van der Waals surface area contributed by atoms with E-state index < -0.39 is 0 Å². The van der Waals surface area contributed by atoms with Crippen LogP contribution in [0.1, 0.15) is 330 Å². The van der Waals surface area contributed by atoms with Gasteiger partial charge < -0.3 is 0 Å². The number of aromatic nitrogens is 18. The second-order valence-corrected chi connectivity index (χ2v) is 26.5. The van der Waals surface area contributed by atoms with E-state index in [-0.39, 0.29) is 50.7 Å². The van der Waals surface area contributed by atoms with Gasteiger partial charge in [-0.3, -0.25) is 15.0 Å². The Morgan fingerprint density at radius 2 is 0.567 bits per heavy atom. The molecule has 0 spiro atoms. The first-order chi connectivity index (χ1) is 44.8. The lowest BCUT2D eigenvalue weighted by Gasteiger charge is -2.16. The van der Waals surface area contributed by atoms with E-state index >= 15 is 0 Å². The van der Waals surface area contributed by atoms with Crippen LogP contribution in [0.25, 0.3) is 0 Å². The van der Waals surface area contributed by atoms with Crippen molar-refractivity contribution >= 4 is 0 Å². The van der Waals surface area contributed by atoms with E-state index in [1.54, 1.807) is 68.3 Å². The Morgan fingerprint density at radius 1 is 0.206 bits per heavy atom. The molecule has 0 aromatic carbocycles. The van der Waals surface area contributed by atoms with Gasteiger partial charge in [-0.05, 0) is 36.4 Å². The molecule has 0 saturated heterocycles. The Kier molecular flexibility index (Phi) is 69.2. The zero-order valence-corrected chi connectivity index (χ0v) is 68.8. The Balaban J connectivity index is -0.000000126. The summed E-state index contributed by atoms with van der Waals surface area (Å²) >= 11 is 0. The SMILES string of the molecule is C.CC.CC.CC.CC.CC.CC.CC.CC.CC(C)(C)c1ccccn1.CC(C)(C)c1cccnn1.CC(C)(C)c1ccncn1.CC(C)(C)c1cnccn1.CC(C)(C)c1cncnn1.CC(C)(C)c1ncccn1.CC(C)(C)c1nccnn1.CC(C)(C)c1ncncn1. The first-order valence-corrected chi connectivity index (χ1v) is 34.7. The Morgan fingerprint density at radius 3 is 0.814 bits per heavy atom. The zero-order chi connectivity index (χ0) is 76.9. The summed E-state index contributed by atoms with van der Waals surface area (Å²) in [5.74, 6) is 2.52. The van der Waals surface area contributed by atoms with E-state index in [4.69, 9.17) is 0 Å². The lowest BCUT2D eigenvalue weighted by atomic mass is 9.92. The van der Waals surface area contributed by atoms with Crippen LogP contribution in [-0.4, -0.2) is 90.4 Å². The minimum atomic E-state index is 0. The summed E-state index contributed by atoms with van der Waals surface area (Å²) < 4.78 is 0. The molecule has 0 amide bonds.